The lowest BCUT2D eigenvalue weighted by Gasteiger charge is -2.32. The first-order chi connectivity index (χ1) is 7.31. The molecule has 1 aromatic heterocycles. The van der Waals surface area contributed by atoms with Gasteiger partial charge in [-0.2, -0.15) is 0 Å². The maximum absolute atomic E-state index is 4.44. The fourth-order valence-electron chi connectivity index (χ4n) is 2.78. The van der Waals surface area contributed by atoms with Crippen molar-refractivity contribution in [2.75, 3.05) is 7.05 Å². The second-order valence-corrected chi connectivity index (χ2v) is 5.43. The summed E-state index contributed by atoms with van der Waals surface area (Å²) in [6, 6.07) is 0.471. The molecule has 1 fully saturated rings. The largest absolute Gasteiger partial charge is 0.311 e. The normalized spacial score (nSPS) is 28.9. The van der Waals surface area contributed by atoms with E-state index in [0.717, 1.165) is 11.8 Å². The molecule has 15 heavy (non-hydrogen) atoms. The van der Waals surface area contributed by atoms with E-state index in [9.17, 15) is 0 Å². The minimum absolute atomic E-state index is 0.471. The SMILES string of the molecule is CNC(c1cscn1)C1CCCC(C)C1. The van der Waals surface area contributed by atoms with E-state index in [1.807, 2.05) is 5.51 Å². The van der Waals surface area contributed by atoms with Crippen molar-refractivity contribution < 1.29 is 0 Å². The monoisotopic (exact) mass is 224 g/mol. The molecule has 0 aromatic carbocycles. The van der Waals surface area contributed by atoms with Gasteiger partial charge >= 0.3 is 0 Å². The van der Waals surface area contributed by atoms with Gasteiger partial charge in [-0.15, -0.1) is 11.3 Å². The van der Waals surface area contributed by atoms with Crippen molar-refractivity contribution in [3.63, 3.8) is 0 Å². The molecular formula is C12H20N2S. The molecule has 1 aliphatic carbocycles. The van der Waals surface area contributed by atoms with Gasteiger partial charge in [-0.05, 0) is 31.7 Å². The number of hydrogen-bond acceptors (Lipinski definition) is 3. The quantitative estimate of drug-likeness (QED) is 0.852. The fraction of sp³-hybridized carbons (Fsp3) is 0.750. The van der Waals surface area contributed by atoms with Gasteiger partial charge in [0, 0.05) is 5.38 Å². The number of hydrogen-bond donors (Lipinski definition) is 1. The third kappa shape index (κ3) is 2.58. The van der Waals surface area contributed by atoms with Crippen molar-refractivity contribution in [3.8, 4) is 0 Å². The zero-order chi connectivity index (χ0) is 10.7. The first-order valence-corrected chi connectivity index (χ1v) is 6.81. The van der Waals surface area contributed by atoms with Crippen molar-refractivity contribution in [1.82, 2.24) is 10.3 Å². The Balaban J connectivity index is 2.06. The molecular weight excluding hydrogens is 204 g/mol. The first kappa shape index (κ1) is 11.1. The molecule has 0 aliphatic heterocycles. The summed E-state index contributed by atoms with van der Waals surface area (Å²) in [6.45, 7) is 2.37. The van der Waals surface area contributed by atoms with E-state index >= 15 is 0 Å². The van der Waals surface area contributed by atoms with Gasteiger partial charge in [0.25, 0.3) is 0 Å². The Kier molecular flexibility index (Phi) is 3.76. The average Bonchev–Trinajstić information content (AvgIpc) is 2.72. The summed E-state index contributed by atoms with van der Waals surface area (Å²) in [5, 5.41) is 5.62. The molecule has 1 heterocycles. The van der Waals surface area contributed by atoms with Crippen LogP contribution in [0.15, 0.2) is 10.9 Å². The third-order valence-electron chi connectivity index (χ3n) is 3.53. The highest BCUT2D eigenvalue weighted by atomic mass is 32.1. The van der Waals surface area contributed by atoms with Gasteiger partial charge in [0.1, 0.15) is 0 Å². The lowest BCUT2D eigenvalue weighted by molar-refractivity contribution is 0.228. The summed E-state index contributed by atoms with van der Waals surface area (Å²) < 4.78 is 0. The predicted octanol–water partition coefficient (Wildman–Crippen LogP) is 3.23. The second kappa shape index (κ2) is 5.08. The van der Waals surface area contributed by atoms with Crippen molar-refractivity contribution in [1.29, 1.82) is 0 Å². The average molecular weight is 224 g/mol. The number of thiazole rings is 1. The zero-order valence-corrected chi connectivity index (χ0v) is 10.4. The van der Waals surface area contributed by atoms with Gasteiger partial charge in [0.05, 0.1) is 17.2 Å². The molecule has 1 N–H and O–H groups in total. The highest BCUT2D eigenvalue weighted by Crippen LogP contribution is 2.36. The predicted molar refractivity (Wildman–Crippen MR) is 65.0 cm³/mol. The Bertz CT molecular complexity index is 284. The summed E-state index contributed by atoms with van der Waals surface area (Å²) in [5.74, 6) is 1.67. The van der Waals surface area contributed by atoms with Crippen LogP contribution in [0.3, 0.4) is 0 Å². The summed E-state index contributed by atoms with van der Waals surface area (Å²) in [4.78, 5) is 4.44. The van der Waals surface area contributed by atoms with E-state index in [2.05, 4.69) is 29.7 Å². The second-order valence-electron chi connectivity index (χ2n) is 4.71. The first-order valence-electron chi connectivity index (χ1n) is 5.86. The molecule has 1 aliphatic rings. The minimum atomic E-state index is 0.471. The van der Waals surface area contributed by atoms with Crippen molar-refractivity contribution in [2.24, 2.45) is 11.8 Å². The molecule has 3 unspecified atom stereocenters. The standard InChI is InChI=1S/C12H20N2S/c1-9-4-3-5-10(6-9)12(13-2)11-7-15-8-14-11/h7-10,12-13H,3-6H2,1-2H3. The van der Waals surface area contributed by atoms with Gasteiger partial charge in [0.2, 0.25) is 0 Å². The summed E-state index contributed by atoms with van der Waals surface area (Å²) in [6.07, 6.45) is 5.49. The number of nitrogens with zero attached hydrogens (tertiary/aromatic N) is 1. The van der Waals surface area contributed by atoms with Crippen LogP contribution in [0.1, 0.15) is 44.3 Å². The Morgan fingerprint density at radius 1 is 1.53 bits per heavy atom. The van der Waals surface area contributed by atoms with E-state index in [1.165, 1.54) is 31.4 Å². The van der Waals surface area contributed by atoms with E-state index in [1.54, 1.807) is 11.3 Å². The third-order valence-corrected chi connectivity index (χ3v) is 4.13. The van der Waals surface area contributed by atoms with Crippen molar-refractivity contribution >= 4 is 11.3 Å². The molecule has 84 valence electrons. The van der Waals surface area contributed by atoms with Gasteiger partial charge in [0.15, 0.2) is 0 Å². The van der Waals surface area contributed by atoms with Crippen molar-refractivity contribution in [2.45, 2.75) is 38.6 Å². The van der Waals surface area contributed by atoms with Crippen molar-refractivity contribution in [3.05, 3.63) is 16.6 Å². The highest BCUT2D eigenvalue weighted by molar-refractivity contribution is 7.07. The highest BCUT2D eigenvalue weighted by Gasteiger charge is 2.27. The van der Waals surface area contributed by atoms with Crippen LogP contribution in [0.5, 0.6) is 0 Å². The molecule has 0 radical (unpaired) electrons. The Hall–Kier alpha value is -0.410. The van der Waals surface area contributed by atoms with E-state index in [4.69, 9.17) is 0 Å². The van der Waals surface area contributed by atoms with Crippen LogP contribution < -0.4 is 5.32 Å². The fourth-order valence-corrected chi connectivity index (χ4v) is 3.37. The molecule has 3 heteroatoms. The Morgan fingerprint density at radius 3 is 3.00 bits per heavy atom. The zero-order valence-electron chi connectivity index (χ0n) is 9.57. The molecule has 0 amide bonds. The van der Waals surface area contributed by atoms with E-state index < -0.39 is 0 Å². The lowest BCUT2D eigenvalue weighted by atomic mass is 9.78. The molecule has 2 rings (SSSR count). The molecule has 1 saturated carbocycles. The minimum Gasteiger partial charge on any atom is -0.311 e. The Labute approximate surface area is 96.1 Å². The summed E-state index contributed by atoms with van der Waals surface area (Å²) in [5.41, 5.74) is 3.17. The molecule has 0 bridgehead atoms. The topological polar surface area (TPSA) is 24.9 Å². The molecule has 0 saturated heterocycles. The van der Waals surface area contributed by atoms with Gasteiger partial charge in [-0.3, -0.25) is 0 Å². The van der Waals surface area contributed by atoms with E-state index in [0.29, 0.717) is 6.04 Å². The number of rotatable bonds is 3. The van der Waals surface area contributed by atoms with Gasteiger partial charge in [-0.1, -0.05) is 19.8 Å². The number of nitrogens with one attached hydrogen (secondary N) is 1. The summed E-state index contributed by atoms with van der Waals surface area (Å²) >= 11 is 1.70. The molecule has 0 spiro atoms. The van der Waals surface area contributed by atoms with Crippen LogP contribution in [0, 0.1) is 11.8 Å². The van der Waals surface area contributed by atoms with Crippen LogP contribution in [0.2, 0.25) is 0 Å². The van der Waals surface area contributed by atoms with Crippen LogP contribution in [-0.2, 0) is 0 Å². The smallest absolute Gasteiger partial charge is 0.0795 e. The van der Waals surface area contributed by atoms with Gasteiger partial charge in [-0.25, -0.2) is 4.98 Å². The Morgan fingerprint density at radius 2 is 2.40 bits per heavy atom. The van der Waals surface area contributed by atoms with Crippen LogP contribution in [0.25, 0.3) is 0 Å². The molecule has 1 aromatic rings. The maximum Gasteiger partial charge on any atom is 0.0795 e. The van der Waals surface area contributed by atoms with Gasteiger partial charge < -0.3 is 5.32 Å². The maximum atomic E-state index is 4.44. The lowest BCUT2D eigenvalue weighted by Crippen LogP contribution is -2.29. The van der Waals surface area contributed by atoms with Crippen LogP contribution >= 0.6 is 11.3 Å². The molecule has 2 nitrogen and oxygen atoms in total. The van der Waals surface area contributed by atoms with Crippen LogP contribution in [-0.4, -0.2) is 12.0 Å². The molecule has 3 atom stereocenters. The van der Waals surface area contributed by atoms with E-state index in [-0.39, 0.29) is 0 Å². The van der Waals surface area contributed by atoms with Crippen LogP contribution in [0.4, 0.5) is 0 Å². The number of aromatic nitrogens is 1. The summed E-state index contributed by atoms with van der Waals surface area (Å²) in [7, 11) is 2.06.